The van der Waals surface area contributed by atoms with Gasteiger partial charge in [0.15, 0.2) is 10.8 Å². The maximum Gasteiger partial charge on any atom is 0.338 e. The number of carbonyl (C=O) groups is 1. The third-order valence-electron chi connectivity index (χ3n) is 4.19. The van der Waals surface area contributed by atoms with Gasteiger partial charge in [0.1, 0.15) is 12.1 Å². The number of nitrogens with zero attached hydrogens (tertiary/aromatic N) is 3. The van der Waals surface area contributed by atoms with Crippen LogP contribution in [0.4, 0.5) is 4.39 Å². The summed E-state index contributed by atoms with van der Waals surface area (Å²) in [5.41, 5.74) is 1.61. The molecular weight excluding hydrogens is 411 g/mol. The van der Waals surface area contributed by atoms with E-state index >= 15 is 0 Å². The molecule has 10 heteroatoms. The molecule has 0 saturated heterocycles. The Labute approximate surface area is 173 Å². The second-order valence-electron chi connectivity index (χ2n) is 6.31. The lowest BCUT2D eigenvalue weighted by molar-refractivity contribution is 0.0602. The number of hydrogen-bond acceptors (Lipinski definition) is 8. The number of carbonyl (C=O) groups excluding carboxylic acids is 1. The largest absolute Gasteiger partial charge is 0.465 e. The molecule has 0 spiro atoms. The van der Waals surface area contributed by atoms with Gasteiger partial charge in [-0.15, -0.1) is 0 Å². The highest BCUT2D eigenvalue weighted by atomic mass is 32.2. The van der Waals surface area contributed by atoms with Crippen molar-refractivity contribution in [3.63, 3.8) is 0 Å². The summed E-state index contributed by atoms with van der Waals surface area (Å²) >= 11 is 1.23. The minimum Gasteiger partial charge on any atom is -0.465 e. The van der Waals surface area contributed by atoms with Crippen molar-refractivity contribution in [2.45, 2.75) is 17.8 Å². The van der Waals surface area contributed by atoms with Crippen molar-refractivity contribution in [3.8, 4) is 11.5 Å². The van der Waals surface area contributed by atoms with Gasteiger partial charge in [-0.3, -0.25) is 4.79 Å². The third-order valence-corrected chi connectivity index (χ3v) is 5.10. The number of methoxy groups -OCH3 is 1. The predicted octanol–water partition coefficient (Wildman–Crippen LogP) is 3.50. The third kappa shape index (κ3) is 3.94. The Balaban J connectivity index is 1.58. The van der Waals surface area contributed by atoms with E-state index < -0.39 is 11.5 Å². The van der Waals surface area contributed by atoms with Crippen LogP contribution in [0, 0.1) is 12.7 Å². The number of pyridine rings is 1. The number of aromatic nitrogens is 4. The Hall–Kier alpha value is -3.53. The molecule has 0 atom stereocenters. The standard InChI is InChI=1S/C20H15FN4O4S/c1-10-7-14(19(27)28-2)15-16(22-10)24-20(25-17(15)26)30-9-13-8-29-18(23-13)11-3-5-12(21)6-4-11/h3-8H,9H2,1-2H3,(H,22,24,25,26). The van der Waals surface area contributed by atoms with E-state index in [-0.39, 0.29) is 22.4 Å². The van der Waals surface area contributed by atoms with Crippen molar-refractivity contribution in [2.24, 2.45) is 0 Å². The second kappa shape index (κ2) is 8.07. The van der Waals surface area contributed by atoms with E-state index in [9.17, 15) is 14.0 Å². The molecule has 1 N–H and O–H groups in total. The molecule has 0 amide bonds. The molecule has 8 nitrogen and oxygen atoms in total. The maximum atomic E-state index is 13.1. The summed E-state index contributed by atoms with van der Waals surface area (Å²) in [6.45, 7) is 1.70. The zero-order valence-electron chi connectivity index (χ0n) is 15.9. The minimum atomic E-state index is -0.630. The number of fused-ring (bicyclic) bond motifs is 1. The molecule has 0 radical (unpaired) electrons. The van der Waals surface area contributed by atoms with Gasteiger partial charge in [0, 0.05) is 17.0 Å². The number of esters is 1. The Bertz CT molecular complexity index is 1300. The average molecular weight is 426 g/mol. The SMILES string of the molecule is COC(=O)c1cc(C)nc2nc(SCc3coc(-c4ccc(F)cc4)n3)[nH]c(=O)c12. The molecule has 0 bridgehead atoms. The lowest BCUT2D eigenvalue weighted by Gasteiger charge is -2.06. The number of H-pyrrole nitrogens is 1. The van der Waals surface area contributed by atoms with Crippen LogP contribution < -0.4 is 5.56 Å². The summed E-state index contributed by atoms with van der Waals surface area (Å²) in [5.74, 6) is -0.235. The number of benzene rings is 1. The molecule has 0 aliphatic heterocycles. The number of aromatic amines is 1. The summed E-state index contributed by atoms with van der Waals surface area (Å²) in [4.78, 5) is 40.2. The molecule has 0 aliphatic carbocycles. The number of nitrogens with one attached hydrogen (secondary N) is 1. The van der Waals surface area contributed by atoms with Gasteiger partial charge in [-0.25, -0.2) is 24.1 Å². The van der Waals surface area contributed by atoms with Crippen molar-refractivity contribution in [2.75, 3.05) is 7.11 Å². The first kappa shape index (κ1) is 19.8. The first-order valence-corrected chi connectivity index (χ1v) is 9.76. The molecule has 0 unspecified atom stereocenters. The van der Waals surface area contributed by atoms with Gasteiger partial charge in [-0.2, -0.15) is 0 Å². The number of oxazole rings is 1. The number of halogens is 1. The predicted molar refractivity (Wildman–Crippen MR) is 108 cm³/mol. The number of thioether (sulfide) groups is 1. The van der Waals surface area contributed by atoms with Crippen LogP contribution in [-0.4, -0.2) is 33.0 Å². The summed E-state index contributed by atoms with van der Waals surface area (Å²) in [6.07, 6.45) is 1.49. The molecule has 0 aliphatic rings. The summed E-state index contributed by atoms with van der Waals surface area (Å²) < 4.78 is 23.2. The van der Waals surface area contributed by atoms with Crippen molar-refractivity contribution < 1.29 is 18.3 Å². The molecule has 152 valence electrons. The van der Waals surface area contributed by atoms with Gasteiger partial charge in [-0.05, 0) is 37.3 Å². The molecule has 0 saturated carbocycles. The molecule has 3 heterocycles. The average Bonchev–Trinajstić information content (AvgIpc) is 3.20. The minimum absolute atomic E-state index is 0.0804. The highest BCUT2D eigenvalue weighted by molar-refractivity contribution is 7.98. The first-order chi connectivity index (χ1) is 14.4. The van der Waals surface area contributed by atoms with E-state index in [4.69, 9.17) is 9.15 Å². The highest BCUT2D eigenvalue weighted by Gasteiger charge is 2.18. The fourth-order valence-electron chi connectivity index (χ4n) is 2.83. The molecule has 4 rings (SSSR count). The highest BCUT2D eigenvalue weighted by Crippen LogP contribution is 2.24. The van der Waals surface area contributed by atoms with Crippen molar-refractivity contribution in [3.05, 3.63) is 69.7 Å². The number of rotatable bonds is 5. The fourth-order valence-corrected chi connectivity index (χ4v) is 3.56. The van der Waals surface area contributed by atoms with Crippen LogP contribution in [0.1, 0.15) is 21.7 Å². The zero-order chi connectivity index (χ0) is 21.3. The monoisotopic (exact) mass is 426 g/mol. The van der Waals surface area contributed by atoms with Gasteiger partial charge >= 0.3 is 5.97 Å². The molecule has 30 heavy (non-hydrogen) atoms. The van der Waals surface area contributed by atoms with Gasteiger partial charge in [-0.1, -0.05) is 11.8 Å². The van der Waals surface area contributed by atoms with Crippen LogP contribution in [0.3, 0.4) is 0 Å². The lowest BCUT2D eigenvalue weighted by atomic mass is 10.1. The smallest absolute Gasteiger partial charge is 0.338 e. The Morgan fingerprint density at radius 3 is 2.73 bits per heavy atom. The van der Waals surface area contributed by atoms with Crippen molar-refractivity contribution in [1.82, 2.24) is 19.9 Å². The summed E-state index contributed by atoms with van der Waals surface area (Å²) in [7, 11) is 1.24. The second-order valence-corrected chi connectivity index (χ2v) is 7.28. The van der Waals surface area contributed by atoms with Gasteiger partial charge in [0.25, 0.3) is 5.56 Å². The first-order valence-electron chi connectivity index (χ1n) is 8.77. The van der Waals surface area contributed by atoms with E-state index in [2.05, 4.69) is 19.9 Å². The van der Waals surface area contributed by atoms with Gasteiger partial charge in [0.05, 0.1) is 23.8 Å². The molecule has 1 aromatic carbocycles. The molecule has 0 fully saturated rings. The number of ether oxygens (including phenoxy) is 1. The Kier molecular flexibility index (Phi) is 5.32. The van der Waals surface area contributed by atoms with Crippen LogP contribution in [0.5, 0.6) is 0 Å². The Morgan fingerprint density at radius 1 is 1.23 bits per heavy atom. The summed E-state index contributed by atoms with van der Waals surface area (Å²) in [6, 6.07) is 7.30. The quantitative estimate of drug-likeness (QED) is 0.293. The normalized spacial score (nSPS) is 11.0. The Morgan fingerprint density at radius 2 is 2.00 bits per heavy atom. The molecule has 4 aromatic rings. The van der Waals surface area contributed by atoms with Crippen LogP contribution >= 0.6 is 11.8 Å². The van der Waals surface area contributed by atoms with Crippen LogP contribution in [0.2, 0.25) is 0 Å². The van der Waals surface area contributed by atoms with Gasteiger partial charge in [0.2, 0.25) is 5.89 Å². The van der Waals surface area contributed by atoms with Crippen LogP contribution in [-0.2, 0) is 10.5 Å². The van der Waals surface area contributed by atoms with E-state index in [0.717, 1.165) is 0 Å². The lowest BCUT2D eigenvalue weighted by Crippen LogP contribution is -2.16. The van der Waals surface area contributed by atoms with E-state index in [1.165, 1.54) is 43.3 Å². The van der Waals surface area contributed by atoms with Crippen LogP contribution in [0.25, 0.3) is 22.5 Å². The van der Waals surface area contributed by atoms with E-state index in [1.54, 1.807) is 19.1 Å². The number of hydrogen-bond donors (Lipinski definition) is 1. The number of aryl methyl sites for hydroxylation is 1. The van der Waals surface area contributed by atoms with Crippen LogP contribution in [0.15, 0.2) is 51.0 Å². The molecular formula is C20H15FN4O4S. The topological polar surface area (TPSA) is 111 Å². The zero-order valence-corrected chi connectivity index (χ0v) is 16.7. The van der Waals surface area contributed by atoms with Crippen molar-refractivity contribution in [1.29, 1.82) is 0 Å². The summed E-state index contributed by atoms with van der Waals surface area (Å²) in [5, 5.41) is 0.407. The van der Waals surface area contributed by atoms with Gasteiger partial charge < -0.3 is 14.1 Å². The van der Waals surface area contributed by atoms with E-state index in [1.807, 2.05) is 0 Å². The van der Waals surface area contributed by atoms with E-state index in [0.29, 0.717) is 33.8 Å². The molecule has 3 aromatic heterocycles. The fraction of sp³-hybridized carbons (Fsp3) is 0.150. The maximum absolute atomic E-state index is 13.1. The van der Waals surface area contributed by atoms with Crippen molar-refractivity contribution >= 4 is 28.8 Å².